The summed E-state index contributed by atoms with van der Waals surface area (Å²) in [4.78, 5) is 0. The molecule has 0 bridgehead atoms. The van der Waals surface area contributed by atoms with Crippen LogP contribution in [0.25, 0.3) is 0 Å². The lowest BCUT2D eigenvalue weighted by Crippen LogP contribution is -1.90. The highest BCUT2D eigenvalue weighted by atomic mass is 35.5. The Bertz CT molecular complexity index is 479. The van der Waals surface area contributed by atoms with Crippen LogP contribution in [-0.4, -0.2) is 0 Å². The maximum Gasteiger partial charge on any atom is 0.181 e. The lowest BCUT2D eigenvalue weighted by molar-refractivity contribution is 0.442. The summed E-state index contributed by atoms with van der Waals surface area (Å²) in [5.41, 5.74) is 6.14. The largest absolute Gasteiger partial charge is 0.453 e. The van der Waals surface area contributed by atoms with Gasteiger partial charge in [-0.1, -0.05) is 17.7 Å². The fraction of sp³-hybridized carbons (Fsp3) is 0. The van der Waals surface area contributed by atoms with E-state index in [4.69, 9.17) is 22.1 Å². The number of para-hydroxylation sites is 1. The van der Waals surface area contributed by atoms with Gasteiger partial charge in [0.05, 0.1) is 5.02 Å². The van der Waals surface area contributed by atoms with Crippen LogP contribution < -0.4 is 10.5 Å². The van der Waals surface area contributed by atoms with Crippen molar-refractivity contribution >= 4 is 17.3 Å². The summed E-state index contributed by atoms with van der Waals surface area (Å²) in [6.07, 6.45) is 0. The Hall–Kier alpha value is -1.74. The minimum absolute atomic E-state index is 0.0222. The third kappa shape index (κ3) is 2.25. The smallest absolute Gasteiger partial charge is 0.181 e. The van der Waals surface area contributed by atoms with Gasteiger partial charge in [-0.2, -0.15) is 0 Å². The van der Waals surface area contributed by atoms with Crippen molar-refractivity contribution < 1.29 is 9.13 Å². The molecule has 2 aromatic rings. The van der Waals surface area contributed by atoms with E-state index in [-0.39, 0.29) is 10.8 Å². The van der Waals surface area contributed by atoms with Gasteiger partial charge in [-0.3, -0.25) is 0 Å². The second kappa shape index (κ2) is 4.41. The molecule has 0 unspecified atom stereocenters. The van der Waals surface area contributed by atoms with Crippen molar-refractivity contribution in [2.45, 2.75) is 0 Å². The molecule has 2 aromatic carbocycles. The molecule has 82 valence electrons. The van der Waals surface area contributed by atoms with Crippen LogP contribution >= 0.6 is 11.6 Å². The zero-order valence-electron chi connectivity index (χ0n) is 8.28. The normalized spacial score (nSPS) is 10.1. The van der Waals surface area contributed by atoms with E-state index in [1.165, 1.54) is 12.1 Å². The Labute approximate surface area is 97.4 Å². The summed E-state index contributed by atoms with van der Waals surface area (Å²) >= 11 is 5.82. The first-order valence-corrected chi connectivity index (χ1v) is 5.02. The number of halogens is 2. The molecular formula is C12H9ClFNO. The van der Waals surface area contributed by atoms with Gasteiger partial charge in [0.15, 0.2) is 11.6 Å². The first kappa shape index (κ1) is 10.8. The van der Waals surface area contributed by atoms with Gasteiger partial charge >= 0.3 is 0 Å². The highest BCUT2D eigenvalue weighted by Crippen LogP contribution is 2.31. The molecule has 0 saturated carbocycles. The van der Waals surface area contributed by atoms with Gasteiger partial charge in [0.1, 0.15) is 5.75 Å². The minimum atomic E-state index is -0.496. The van der Waals surface area contributed by atoms with Crippen LogP contribution in [0.15, 0.2) is 42.5 Å². The third-order valence-corrected chi connectivity index (χ3v) is 2.32. The number of benzene rings is 2. The monoisotopic (exact) mass is 237 g/mol. The van der Waals surface area contributed by atoms with Gasteiger partial charge in [-0.05, 0) is 36.4 Å². The molecule has 2 rings (SSSR count). The average Bonchev–Trinajstić information content (AvgIpc) is 2.26. The summed E-state index contributed by atoms with van der Waals surface area (Å²) in [7, 11) is 0. The Morgan fingerprint density at radius 2 is 1.75 bits per heavy atom. The SMILES string of the molecule is Nc1ccc(Oc2c(F)cccc2Cl)cc1. The van der Waals surface area contributed by atoms with Gasteiger partial charge in [0.2, 0.25) is 0 Å². The number of anilines is 1. The molecule has 0 atom stereocenters. The average molecular weight is 238 g/mol. The van der Waals surface area contributed by atoms with E-state index in [1.807, 2.05) is 0 Å². The van der Waals surface area contributed by atoms with Crippen molar-refractivity contribution in [2.75, 3.05) is 5.73 Å². The molecule has 0 heterocycles. The molecule has 2 N–H and O–H groups in total. The van der Waals surface area contributed by atoms with Crippen LogP contribution in [-0.2, 0) is 0 Å². The summed E-state index contributed by atoms with van der Waals surface area (Å²) < 4.78 is 18.7. The lowest BCUT2D eigenvalue weighted by Gasteiger charge is -2.08. The van der Waals surface area contributed by atoms with Gasteiger partial charge in [0, 0.05) is 5.69 Å². The number of nitrogen functional groups attached to an aromatic ring is 1. The van der Waals surface area contributed by atoms with Gasteiger partial charge in [-0.15, -0.1) is 0 Å². The maximum absolute atomic E-state index is 13.4. The number of hydrogen-bond acceptors (Lipinski definition) is 2. The van der Waals surface area contributed by atoms with Crippen molar-refractivity contribution in [1.29, 1.82) is 0 Å². The fourth-order valence-electron chi connectivity index (χ4n) is 1.23. The molecule has 0 aromatic heterocycles. The predicted molar refractivity (Wildman–Crippen MR) is 62.3 cm³/mol. The highest BCUT2D eigenvalue weighted by molar-refractivity contribution is 6.32. The molecule has 4 heteroatoms. The maximum atomic E-state index is 13.4. The summed E-state index contributed by atoms with van der Waals surface area (Å²) in [6.45, 7) is 0. The molecule has 0 amide bonds. The second-order valence-corrected chi connectivity index (χ2v) is 3.63. The quantitative estimate of drug-likeness (QED) is 0.805. The Morgan fingerprint density at radius 3 is 2.38 bits per heavy atom. The van der Waals surface area contributed by atoms with E-state index >= 15 is 0 Å². The molecule has 0 aliphatic carbocycles. The van der Waals surface area contributed by atoms with Crippen LogP contribution in [0.3, 0.4) is 0 Å². The van der Waals surface area contributed by atoms with Crippen molar-refractivity contribution in [3.05, 3.63) is 53.3 Å². The van der Waals surface area contributed by atoms with Crippen LogP contribution in [0.2, 0.25) is 5.02 Å². The number of nitrogens with two attached hydrogens (primary N) is 1. The van der Waals surface area contributed by atoms with Crippen LogP contribution in [0.4, 0.5) is 10.1 Å². The molecule has 0 radical (unpaired) electrons. The zero-order valence-corrected chi connectivity index (χ0v) is 9.04. The summed E-state index contributed by atoms with van der Waals surface area (Å²) in [5, 5.41) is 0.233. The topological polar surface area (TPSA) is 35.2 Å². The van der Waals surface area contributed by atoms with Crippen LogP contribution in [0.5, 0.6) is 11.5 Å². The standard InChI is InChI=1S/C12H9ClFNO/c13-10-2-1-3-11(14)12(10)16-9-6-4-8(15)5-7-9/h1-7H,15H2. The van der Waals surface area contributed by atoms with E-state index in [0.717, 1.165) is 0 Å². The predicted octanol–water partition coefficient (Wildman–Crippen LogP) is 3.85. The summed E-state index contributed by atoms with van der Waals surface area (Å²) in [6, 6.07) is 11.0. The summed E-state index contributed by atoms with van der Waals surface area (Å²) in [5.74, 6) is 0.0134. The highest BCUT2D eigenvalue weighted by Gasteiger charge is 2.08. The molecule has 0 spiro atoms. The van der Waals surface area contributed by atoms with E-state index in [2.05, 4.69) is 0 Å². The molecule has 0 aliphatic rings. The first-order valence-electron chi connectivity index (χ1n) is 4.64. The van der Waals surface area contributed by atoms with Crippen molar-refractivity contribution in [3.63, 3.8) is 0 Å². The van der Waals surface area contributed by atoms with Crippen molar-refractivity contribution in [3.8, 4) is 11.5 Å². The van der Waals surface area contributed by atoms with E-state index in [1.54, 1.807) is 30.3 Å². The molecular weight excluding hydrogens is 229 g/mol. The van der Waals surface area contributed by atoms with Gasteiger partial charge < -0.3 is 10.5 Å². The van der Waals surface area contributed by atoms with Gasteiger partial charge in [-0.25, -0.2) is 4.39 Å². The minimum Gasteiger partial charge on any atom is -0.453 e. The molecule has 0 saturated heterocycles. The lowest BCUT2D eigenvalue weighted by atomic mass is 10.3. The van der Waals surface area contributed by atoms with Crippen molar-refractivity contribution in [2.24, 2.45) is 0 Å². The van der Waals surface area contributed by atoms with Crippen LogP contribution in [0.1, 0.15) is 0 Å². The Kier molecular flexibility index (Phi) is 2.97. The fourth-order valence-corrected chi connectivity index (χ4v) is 1.44. The molecule has 0 aliphatic heterocycles. The molecule has 2 nitrogen and oxygen atoms in total. The van der Waals surface area contributed by atoms with Crippen molar-refractivity contribution in [1.82, 2.24) is 0 Å². The van der Waals surface area contributed by atoms with E-state index in [9.17, 15) is 4.39 Å². The van der Waals surface area contributed by atoms with Crippen LogP contribution in [0, 0.1) is 5.82 Å². The molecule has 0 fully saturated rings. The Balaban J connectivity index is 2.30. The van der Waals surface area contributed by atoms with E-state index < -0.39 is 5.82 Å². The number of rotatable bonds is 2. The number of hydrogen-bond donors (Lipinski definition) is 1. The van der Waals surface area contributed by atoms with Gasteiger partial charge in [0.25, 0.3) is 0 Å². The second-order valence-electron chi connectivity index (χ2n) is 3.22. The third-order valence-electron chi connectivity index (χ3n) is 2.02. The first-order chi connectivity index (χ1) is 7.66. The molecule has 16 heavy (non-hydrogen) atoms. The van der Waals surface area contributed by atoms with E-state index in [0.29, 0.717) is 11.4 Å². The Morgan fingerprint density at radius 1 is 1.06 bits per heavy atom. The zero-order chi connectivity index (χ0) is 11.5. The number of ether oxygens (including phenoxy) is 1.